The summed E-state index contributed by atoms with van der Waals surface area (Å²) in [5, 5.41) is 5.63. The van der Waals surface area contributed by atoms with Crippen molar-refractivity contribution >= 4 is 11.3 Å². The van der Waals surface area contributed by atoms with Crippen LogP contribution < -0.4 is 10.1 Å². The molecule has 0 amide bonds. The molecule has 0 saturated carbocycles. The number of rotatable bonds is 3. The summed E-state index contributed by atoms with van der Waals surface area (Å²) in [6, 6.07) is 11.6. The van der Waals surface area contributed by atoms with Crippen LogP contribution in [0.25, 0.3) is 0 Å². The normalized spacial score (nSPS) is 20.0. The minimum atomic E-state index is 0.387. The van der Waals surface area contributed by atoms with Crippen LogP contribution in [0.15, 0.2) is 35.7 Å². The van der Waals surface area contributed by atoms with Gasteiger partial charge in [0.05, 0.1) is 12.6 Å². The fourth-order valence-electron chi connectivity index (χ4n) is 3.32. The third-order valence-corrected chi connectivity index (χ3v) is 5.28. The average molecular weight is 300 g/mol. The molecular formula is C17H20N2OS. The van der Waals surface area contributed by atoms with Crippen molar-refractivity contribution in [2.45, 2.75) is 12.5 Å². The molecule has 1 aromatic heterocycles. The molecule has 3 heterocycles. The van der Waals surface area contributed by atoms with Gasteiger partial charge < -0.3 is 10.1 Å². The molecule has 4 rings (SSSR count). The summed E-state index contributed by atoms with van der Waals surface area (Å²) in [6.45, 7) is 5.20. The number of hydrogen-bond acceptors (Lipinski definition) is 4. The quantitative estimate of drug-likeness (QED) is 0.943. The molecule has 1 aromatic carbocycles. The number of fused-ring (bicyclic) bond motifs is 1. The van der Waals surface area contributed by atoms with Gasteiger partial charge in [0.2, 0.25) is 0 Å². The van der Waals surface area contributed by atoms with Crippen LogP contribution in [0, 0.1) is 0 Å². The predicted octanol–water partition coefficient (Wildman–Crippen LogP) is 2.68. The summed E-state index contributed by atoms with van der Waals surface area (Å²) in [5.74, 6) is 1.07. The zero-order valence-corrected chi connectivity index (χ0v) is 12.9. The summed E-state index contributed by atoms with van der Waals surface area (Å²) < 4.78 is 5.65. The van der Waals surface area contributed by atoms with E-state index in [2.05, 4.69) is 45.9 Å². The first-order valence-corrected chi connectivity index (χ1v) is 8.53. The highest BCUT2D eigenvalue weighted by Gasteiger charge is 2.26. The minimum Gasteiger partial charge on any atom is -0.493 e. The van der Waals surface area contributed by atoms with E-state index in [4.69, 9.17) is 4.74 Å². The molecule has 1 fully saturated rings. The largest absolute Gasteiger partial charge is 0.493 e. The summed E-state index contributed by atoms with van der Waals surface area (Å²) in [4.78, 5) is 4.04. The fourth-order valence-corrected chi connectivity index (χ4v) is 4.20. The molecule has 1 N–H and O–H groups in total. The van der Waals surface area contributed by atoms with E-state index in [0.29, 0.717) is 6.04 Å². The zero-order valence-electron chi connectivity index (χ0n) is 12.0. The topological polar surface area (TPSA) is 24.5 Å². The molecule has 1 saturated heterocycles. The Bertz CT molecular complexity index is 605. The Morgan fingerprint density at radius 3 is 2.90 bits per heavy atom. The number of ether oxygens (including phenoxy) is 1. The van der Waals surface area contributed by atoms with E-state index in [-0.39, 0.29) is 0 Å². The van der Waals surface area contributed by atoms with Gasteiger partial charge in [0.1, 0.15) is 5.75 Å². The first-order chi connectivity index (χ1) is 10.4. The van der Waals surface area contributed by atoms with Crippen LogP contribution in [0.3, 0.4) is 0 Å². The molecule has 2 aliphatic heterocycles. The van der Waals surface area contributed by atoms with Gasteiger partial charge in [-0.05, 0) is 28.6 Å². The minimum absolute atomic E-state index is 0.387. The molecule has 0 unspecified atom stereocenters. The van der Waals surface area contributed by atoms with Gasteiger partial charge in [-0.2, -0.15) is 0 Å². The van der Waals surface area contributed by atoms with Crippen LogP contribution in [-0.2, 0) is 6.42 Å². The van der Waals surface area contributed by atoms with Gasteiger partial charge in [-0.3, -0.25) is 4.90 Å². The van der Waals surface area contributed by atoms with Gasteiger partial charge in [-0.25, -0.2) is 0 Å². The van der Waals surface area contributed by atoms with E-state index in [9.17, 15) is 0 Å². The number of benzene rings is 1. The maximum atomic E-state index is 5.65. The lowest BCUT2D eigenvalue weighted by atomic mass is 9.99. The van der Waals surface area contributed by atoms with Crippen LogP contribution in [0.2, 0.25) is 0 Å². The van der Waals surface area contributed by atoms with Crippen LogP contribution in [-0.4, -0.2) is 37.7 Å². The van der Waals surface area contributed by atoms with Crippen LogP contribution in [0.4, 0.5) is 0 Å². The molecule has 4 heteroatoms. The number of nitrogens with zero attached hydrogens (tertiary/aromatic N) is 1. The molecule has 0 aliphatic carbocycles. The van der Waals surface area contributed by atoms with E-state index in [1.54, 1.807) is 0 Å². The second-order valence-electron chi connectivity index (χ2n) is 5.67. The number of hydrogen-bond donors (Lipinski definition) is 1. The van der Waals surface area contributed by atoms with E-state index in [0.717, 1.165) is 45.0 Å². The van der Waals surface area contributed by atoms with E-state index >= 15 is 0 Å². The van der Waals surface area contributed by atoms with Crippen LogP contribution in [0.5, 0.6) is 5.75 Å². The van der Waals surface area contributed by atoms with Gasteiger partial charge in [0, 0.05) is 37.5 Å². The molecule has 0 bridgehead atoms. The van der Waals surface area contributed by atoms with Crippen molar-refractivity contribution in [1.29, 1.82) is 0 Å². The third-order valence-electron chi connectivity index (χ3n) is 4.36. The van der Waals surface area contributed by atoms with Crippen LogP contribution >= 0.6 is 11.3 Å². The van der Waals surface area contributed by atoms with Gasteiger partial charge >= 0.3 is 0 Å². The van der Waals surface area contributed by atoms with E-state index in [1.165, 1.54) is 16.0 Å². The first kappa shape index (κ1) is 13.3. The molecule has 0 radical (unpaired) electrons. The Labute approximate surface area is 129 Å². The standard InChI is InChI=1S/C17H20N2OS/c1-2-16(21-11-1)17(19-8-6-18-7-9-19)14-3-4-15-13(12-14)5-10-20-15/h1-4,11-12,17-18H,5-10H2/t17-/m1/s1. The van der Waals surface area contributed by atoms with Gasteiger partial charge in [0.15, 0.2) is 0 Å². The maximum absolute atomic E-state index is 5.65. The molecule has 1 atom stereocenters. The Morgan fingerprint density at radius 1 is 1.19 bits per heavy atom. The lowest BCUT2D eigenvalue weighted by Crippen LogP contribution is -2.45. The van der Waals surface area contributed by atoms with Gasteiger partial charge in [0.25, 0.3) is 0 Å². The van der Waals surface area contributed by atoms with Crippen molar-refractivity contribution < 1.29 is 4.74 Å². The smallest absolute Gasteiger partial charge is 0.122 e. The second-order valence-corrected chi connectivity index (χ2v) is 6.65. The highest BCUT2D eigenvalue weighted by atomic mass is 32.1. The van der Waals surface area contributed by atoms with Crippen molar-refractivity contribution in [3.8, 4) is 5.75 Å². The lowest BCUT2D eigenvalue weighted by Gasteiger charge is -2.35. The van der Waals surface area contributed by atoms with E-state index < -0.39 is 0 Å². The highest BCUT2D eigenvalue weighted by Crippen LogP contribution is 2.35. The van der Waals surface area contributed by atoms with Crippen molar-refractivity contribution in [2.24, 2.45) is 0 Å². The van der Waals surface area contributed by atoms with Crippen molar-refractivity contribution in [3.05, 3.63) is 51.7 Å². The number of nitrogens with one attached hydrogen (secondary N) is 1. The maximum Gasteiger partial charge on any atom is 0.122 e. The fraction of sp³-hybridized carbons (Fsp3) is 0.412. The molecule has 3 nitrogen and oxygen atoms in total. The Morgan fingerprint density at radius 2 is 2.10 bits per heavy atom. The summed E-state index contributed by atoms with van der Waals surface area (Å²) in [6.07, 6.45) is 1.04. The van der Waals surface area contributed by atoms with Crippen molar-refractivity contribution in [1.82, 2.24) is 10.2 Å². The highest BCUT2D eigenvalue weighted by molar-refractivity contribution is 7.10. The van der Waals surface area contributed by atoms with Gasteiger partial charge in [-0.1, -0.05) is 18.2 Å². The monoisotopic (exact) mass is 300 g/mol. The van der Waals surface area contributed by atoms with E-state index in [1.807, 2.05) is 11.3 Å². The second kappa shape index (κ2) is 5.79. The molecule has 0 spiro atoms. The Kier molecular flexibility index (Phi) is 3.67. The van der Waals surface area contributed by atoms with Crippen molar-refractivity contribution in [3.63, 3.8) is 0 Å². The summed E-state index contributed by atoms with van der Waals surface area (Å²) in [7, 11) is 0. The molecule has 2 aliphatic rings. The molecule has 2 aromatic rings. The van der Waals surface area contributed by atoms with Gasteiger partial charge in [-0.15, -0.1) is 11.3 Å². The molecule has 21 heavy (non-hydrogen) atoms. The summed E-state index contributed by atoms with van der Waals surface area (Å²) >= 11 is 1.86. The number of thiophene rings is 1. The molecular weight excluding hydrogens is 280 g/mol. The first-order valence-electron chi connectivity index (χ1n) is 7.65. The number of piperazine rings is 1. The van der Waals surface area contributed by atoms with Crippen molar-refractivity contribution in [2.75, 3.05) is 32.8 Å². The zero-order chi connectivity index (χ0) is 14.1. The predicted molar refractivity (Wildman–Crippen MR) is 86.2 cm³/mol. The van der Waals surface area contributed by atoms with Crippen LogP contribution in [0.1, 0.15) is 22.0 Å². The lowest BCUT2D eigenvalue weighted by molar-refractivity contribution is 0.200. The average Bonchev–Trinajstić information content (AvgIpc) is 3.19. The molecule has 110 valence electrons. The summed E-state index contributed by atoms with van der Waals surface area (Å²) in [5.41, 5.74) is 2.77. The Hall–Kier alpha value is -1.36. The third kappa shape index (κ3) is 2.59. The Balaban J connectivity index is 1.71. The SMILES string of the molecule is c1csc([C@@H](c2ccc3c(c2)CCO3)N2CCNCC2)c1.